The van der Waals surface area contributed by atoms with Gasteiger partial charge in [0.15, 0.2) is 0 Å². The molecule has 0 radical (unpaired) electrons. The number of carbonyl (C=O) groups excluding carboxylic acids is 1. The second kappa shape index (κ2) is 4.79. The zero-order valence-electron chi connectivity index (χ0n) is 9.30. The van der Waals surface area contributed by atoms with Gasteiger partial charge in [0, 0.05) is 16.9 Å². The summed E-state index contributed by atoms with van der Waals surface area (Å²) in [4.78, 5) is 11.0. The molecule has 1 aromatic carbocycles. The quantitative estimate of drug-likeness (QED) is 0.899. The largest absolute Gasteiger partial charge is 0.351 e. The average Bonchev–Trinajstić information content (AvgIpc) is 1.99. The van der Waals surface area contributed by atoms with Crippen LogP contribution in [0.15, 0.2) is 28.7 Å². The van der Waals surface area contributed by atoms with Gasteiger partial charge < -0.3 is 5.32 Å². The molecular formula is C12H16BrNO. The predicted octanol–water partition coefficient (Wildman–Crippen LogP) is 2.91. The first kappa shape index (κ1) is 12.2. The molecule has 0 aliphatic rings. The van der Waals surface area contributed by atoms with Gasteiger partial charge in [0.05, 0.1) is 0 Å². The van der Waals surface area contributed by atoms with E-state index in [-0.39, 0.29) is 11.4 Å². The summed E-state index contributed by atoms with van der Waals surface area (Å²) in [5.74, 6) is 0.00926. The smallest absolute Gasteiger partial charge is 0.217 e. The molecule has 82 valence electrons. The second-order valence-electron chi connectivity index (χ2n) is 4.37. The van der Waals surface area contributed by atoms with E-state index in [1.807, 2.05) is 26.0 Å². The van der Waals surface area contributed by atoms with E-state index >= 15 is 0 Å². The fraction of sp³-hybridized carbons (Fsp3) is 0.417. The standard InChI is InChI=1S/C12H16BrNO/c1-9(15)14-12(2,3)8-10-5-4-6-11(13)7-10/h4-7H,8H2,1-3H3,(H,14,15). The molecule has 1 aromatic rings. The Balaban J connectivity index is 2.72. The number of benzene rings is 1. The summed E-state index contributed by atoms with van der Waals surface area (Å²) in [5.41, 5.74) is 1.01. The molecule has 1 rings (SSSR count). The first-order valence-electron chi connectivity index (χ1n) is 4.92. The van der Waals surface area contributed by atoms with Crippen molar-refractivity contribution in [3.8, 4) is 0 Å². The molecule has 0 unspecified atom stereocenters. The third-order valence-corrected chi connectivity index (χ3v) is 2.54. The highest BCUT2D eigenvalue weighted by Gasteiger charge is 2.18. The van der Waals surface area contributed by atoms with Crippen LogP contribution in [0.1, 0.15) is 26.3 Å². The molecule has 0 fully saturated rings. The number of rotatable bonds is 3. The number of halogens is 1. The van der Waals surface area contributed by atoms with E-state index in [1.54, 1.807) is 6.92 Å². The summed E-state index contributed by atoms with van der Waals surface area (Å²) in [5, 5.41) is 2.93. The van der Waals surface area contributed by atoms with Crippen LogP contribution in [0.4, 0.5) is 0 Å². The van der Waals surface area contributed by atoms with E-state index in [1.165, 1.54) is 5.56 Å². The fourth-order valence-electron chi connectivity index (χ4n) is 1.68. The van der Waals surface area contributed by atoms with E-state index < -0.39 is 0 Å². The Morgan fingerprint density at radius 1 is 1.47 bits per heavy atom. The van der Waals surface area contributed by atoms with Crippen LogP contribution in [0.5, 0.6) is 0 Å². The second-order valence-corrected chi connectivity index (χ2v) is 5.29. The number of nitrogens with one attached hydrogen (secondary N) is 1. The lowest BCUT2D eigenvalue weighted by atomic mass is 9.95. The van der Waals surface area contributed by atoms with Gasteiger partial charge in [-0.2, -0.15) is 0 Å². The predicted molar refractivity (Wildman–Crippen MR) is 65.7 cm³/mol. The van der Waals surface area contributed by atoms with Crippen LogP contribution in [0.2, 0.25) is 0 Å². The fourth-order valence-corrected chi connectivity index (χ4v) is 2.12. The summed E-state index contributed by atoms with van der Waals surface area (Å²) in [6.45, 7) is 5.59. The lowest BCUT2D eigenvalue weighted by Crippen LogP contribution is -2.43. The molecule has 0 saturated carbocycles. The van der Waals surface area contributed by atoms with Crippen LogP contribution in [0.3, 0.4) is 0 Å². The van der Waals surface area contributed by atoms with Gasteiger partial charge in [-0.15, -0.1) is 0 Å². The van der Waals surface area contributed by atoms with Crippen LogP contribution in [-0.4, -0.2) is 11.4 Å². The molecule has 0 atom stereocenters. The lowest BCUT2D eigenvalue weighted by molar-refractivity contribution is -0.120. The van der Waals surface area contributed by atoms with Crippen molar-refractivity contribution < 1.29 is 4.79 Å². The number of hydrogen-bond acceptors (Lipinski definition) is 1. The molecular weight excluding hydrogens is 254 g/mol. The van der Waals surface area contributed by atoms with E-state index in [9.17, 15) is 4.79 Å². The maximum atomic E-state index is 11.0. The van der Waals surface area contributed by atoms with Crippen molar-refractivity contribution in [3.05, 3.63) is 34.3 Å². The van der Waals surface area contributed by atoms with Crippen LogP contribution in [0.25, 0.3) is 0 Å². The van der Waals surface area contributed by atoms with Crippen molar-refractivity contribution in [2.24, 2.45) is 0 Å². The highest BCUT2D eigenvalue weighted by Crippen LogP contribution is 2.17. The molecule has 0 spiro atoms. The first-order chi connectivity index (χ1) is 6.89. The lowest BCUT2D eigenvalue weighted by Gasteiger charge is -2.25. The Labute approximate surface area is 99.2 Å². The molecule has 0 aromatic heterocycles. The SMILES string of the molecule is CC(=O)NC(C)(C)Cc1cccc(Br)c1. The summed E-state index contributed by atoms with van der Waals surface area (Å²) < 4.78 is 1.07. The minimum Gasteiger partial charge on any atom is -0.351 e. The Bertz CT molecular complexity index is 360. The van der Waals surface area contributed by atoms with Gasteiger partial charge in [0.1, 0.15) is 0 Å². The normalized spacial score (nSPS) is 11.2. The van der Waals surface area contributed by atoms with E-state index in [0.717, 1.165) is 10.9 Å². The minimum atomic E-state index is -0.202. The monoisotopic (exact) mass is 269 g/mol. The number of hydrogen-bond donors (Lipinski definition) is 1. The number of amides is 1. The van der Waals surface area contributed by atoms with Gasteiger partial charge in [0.25, 0.3) is 0 Å². The highest BCUT2D eigenvalue weighted by atomic mass is 79.9. The van der Waals surface area contributed by atoms with Gasteiger partial charge in [-0.1, -0.05) is 28.1 Å². The minimum absolute atomic E-state index is 0.00926. The molecule has 2 nitrogen and oxygen atoms in total. The van der Waals surface area contributed by atoms with Crippen molar-refractivity contribution in [2.45, 2.75) is 32.7 Å². The summed E-state index contributed by atoms with van der Waals surface area (Å²) in [7, 11) is 0. The molecule has 0 heterocycles. The molecule has 1 amide bonds. The number of carbonyl (C=O) groups is 1. The van der Waals surface area contributed by atoms with E-state index in [4.69, 9.17) is 0 Å². The van der Waals surface area contributed by atoms with Crippen LogP contribution in [-0.2, 0) is 11.2 Å². The maximum Gasteiger partial charge on any atom is 0.217 e. The summed E-state index contributed by atoms with van der Waals surface area (Å²) in [6.07, 6.45) is 0.825. The molecule has 3 heteroatoms. The van der Waals surface area contributed by atoms with Crippen LogP contribution in [0, 0.1) is 0 Å². The third-order valence-electron chi connectivity index (χ3n) is 2.05. The Morgan fingerprint density at radius 3 is 2.67 bits per heavy atom. The third kappa shape index (κ3) is 4.47. The molecule has 0 saturated heterocycles. The average molecular weight is 270 g/mol. The van der Waals surface area contributed by atoms with Crippen LogP contribution < -0.4 is 5.32 Å². The molecule has 1 N–H and O–H groups in total. The molecule has 0 bridgehead atoms. The Morgan fingerprint density at radius 2 is 2.13 bits per heavy atom. The zero-order chi connectivity index (χ0) is 11.5. The molecule has 0 aliphatic carbocycles. The van der Waals surface area contributed by atoms with E-state index in [2.05, 4.69) is 33.4 Å². The highest BCUT2D eigenvalue weighted by molar-refractivity contribution is 9.10. The zero-order valence-corrected chi connectivity index (χ0v) is 10.9. The van der Waals surface area contributed by atoms with E-state index in [0.29, 0.717) is 0 Å². The molecule has 15 heavy (non-hydrogen) atoms. The van der Waals surface area contributed by atoms with Crippen LogP contribution >= 0.6 is 15.9 Å². The Kier molecular flexibility index (Phi) is 3.91. The topological polar surface area (TPSA) is 29.1 Å². The summed E-state index contributed by atoms with van der Waals surface area (Å²) >= 11 is 3.43. The van der Waals surface area contributed by atoms with Crippen molar-refractivity contribution >= 4 is 21.8 Å². The van der Waals surface area contributed by atoms with Crippen molar-refractivity contribution in [2.75, 3.05) is 0 Å². The van der Waals surface area contributed by atoms with Crippen molar-refractivity contribution in [1.82, 2.24) is 5.32 Å². The first-order valence-corrected chi connectivity index (χ1v) is 5.71. The van der Waals surface area contributed by atoms with Gasteiger partial charge >= 0.3 is 0 Å². The van der Waals surface area contributed by atoms with Gasteiger partial charge in [-0.3, -0.25) is 4.79 Å². The van der Waals surface area contributed by atoms with Crippen molar-refractivity contribution in [3.63, 3.8) is 0 Å². The summed E-state index contributed by atoms with van der Waals surface area (Å²) in [6, 6.07) is 8.13. The van der Waals surface area contributed by atoms with Crippen molar-refractivity contribution in [1.29, 1.82) is 0 Å². The molecule has 0 aliphatic heterocycles. The Hall–Kier alpha value is -0.830. The van der Waals surface area contributed by atoms with Gasteiger partial charge in [0.2, 0.25) is 5.91 Å². The maximum absolute atomic E-state index is 11.0. The van der Waals surface area contributed by atoms with Gasteiger partial charge in [-0.25, -0.2) is 0 Å². The van der Waals surface area contributed by atoms with Gasteiger partial charge in [-0.05, 0) is 38.0 Å².